The summed E-state index contributed by atoms with van der Waals surface area (Å²) in [5.74, 6) is 0. The molecule has 2 aliphatic carbocycles. The topological polar surface area (TPSA) is 9.72 Å². The lowest BCUT2D eigenvalue weighted by Crippen LogP contribution is -2.24. The van der Waals surface area contributed by atoms with Crippen molar-refractivity contribution in [3.8, 4) is 0 Å². The van der Waals surface area contributed by atoms with E-state index >= 15 is 0 Å². The molecule has 0 radical (unpaired) electrons. The maximum atomic E-state index is 2.58. The van der Waals surface area contributed by atoms with Crippen LogP contribution in [0.4, 0.5) is 45.5 Å². The minimum atomic E-state index is -0.0173. The second-order valence-corrected chi connectivity index (χ2v) is 18.5. The van der Waals surface area contributed by atoms with Crippen molar-refractivity contribution in [2.45, 2.75) is 44.9 Å². The van der Waals surface area contributed by atoms with Crippen molar-refractivity contribution in [3.05, 3.63) is 247 Å². The fraction of sp³-hybridized carbons (Fsp3) is 0.111. The van der Waals surface area contributed by atoms with Crippen LogP contribution in [0.5, 0.6) is 0 Å². The van der Waals surface area contributed by atoms with E-state index in [0.717, 1.165) is 48.4 Å². The largest absolute Gasteiger partial charge is 0.314 e. The van der Waals surface area contributed by atoms with Crippen LogP contribution in [-0.2, 0) is 11.8 Å². The Morgan fingerprint density at radius 2 is 0.803 bits per heavy atom. The highest BCUT2D eigenvalue weighted by atomic mass is 15.2. The quantitative estimate of drug-likeness (QED) is 0.127. The number of hydrogen-bond acceptors (Lipinski definition) is 3. The Bertz CT molecular complexity index is 3300. The zero-order valence-corrected chi connectivity index (χ0v) is 37.5. The van der Waals surface area contributed by atoms with Crippen LogP contribution < -0.4 is 14.7 Å². The van der Waals surface area contributed by atoms with E-state index in [2.05, 4.69) is 253 Å². The van der Waals surface area contributed by atoms with Crippen molar-refractivity contribution < 1.29 is 0 Å². The van der Waals surface area contributed by atoms with Gasteiger partial charge in [-0.1, -0.05) is 141 Å². The molecule has 318 valence electrons. The third-order valence-electron chi connectivity index (χ3n) is 14.1. The number of benzene rings is 10. The molecule has 0 atom stereocenters. The van der Waals surface area contributed by atoms with Gasteiger partial charge >= 0.3 is 0 Å². The molecule has 3 nitrogen and oxygen atoms in total. The van der Waals surface area contributed by atoms with Crippen LogP contribution in [0, 0.1) is 0 Å². The highest BCUT2D eigenvalue weighted by molar-refractivity contribution is 6.31. The van der Waals surface area contributed by atoms with Gasteiger partial charge in [0, 0.05) is 61.4 Å². The molecular weight excluding hydrogens is 799 g/mol. The van der Waals surface area contributed by atoms with Crippen molar-refractivity contribution in [1.82, 2.24) is 0 Å². The number of hydrogen-bond donors (Lipinski definition) is 0. The first kappa shape index (κ1) is 39.7. The maximum absolute atomic E-state index is 2.58. The van der Waals surface area contributed by atoms with Gasteiger partial charge in [0.05, 0.1) is 11.4 Å². The van der Waals surface area contributed by atoms with Crippen LogP contribution in [0.15, 0.2) is 230 Å². The first-order chi connectivity index (χ1) is 32.5. The Kier molecular flexibility index (Phi) is 9.79. The van der Waals surface area contributed by atoms with Gasteiger partial charge in [0.1, 0.15) is 0 Å². The summed E-state index contributed by atoms with van der Waals surface area (Å²) in [6.07, 6.45) is 8.70. The normalized spacial score (nSPS) is 14.3. The Morgan fingerprint density at radius 1 is 0.364 bits per heavy atom. The van der Waals surface area contributed by atoms with Crippen molar-refractivity contribution >= 4 is 83.4 Å². The third kappa shape index (κ3) is 6.73. The van der Waals surface area contributed by atoms with Crippen molar-refractivity contribution in [2.75, 3.05) is 14.7 Å². The van der Waals surface area contributed by atoms with E-state index in [1.807, 2.05) is 0 Å². The van der Waals surface area contributed by atoms with Gasteiger partial charge in [-0.05, 0) is 161 Å². The number of aryl methyl sites for hydroxylation is 1. The molecule has 12 rings (SSSR count). The van der Waals surface area contributed by atoms with Gasteiger partial charge in [-0.25, -0.2) is 0 Å². The summed E-state index contributed by atoms with van der Waals surface area (Å²) in [7, 11) is 0. The summed E-state index contributed by atoms with van der Waals surface area (Å²) >= 11 is 0. The van der Waals surface area contributed by atoms with E-state index in [9.17, 15) is 0 Å². The summed E-state index contributed by atoms with van der Waals surface area (Å²) < 4.78 is 0. The molecular formula is C63H51N3. The molecule has 3 heteroatoms. The van der Waals surface area contributed by atoms with Crippen molar-refractivity contribution in [2.24, 2.45) is 0 Å². The van der Waals surface area contributed by atoms with E-state index < -0.39 is 0 Å². The first-order valence-electron chi connectivity index (χ1n) is 23.4. The molecule has 0 saturated heterocycles. The van der Waals surface area contributed by atoms with Gasteiger partial charge in [0.2, 0.25) is 0 Å². The molecule has 0 aliphatic heterocycles. The highest BCUT2D eigenvalue weighted by Gasteiger charge is 2.34. The van der Waals surface area contributed by atoms with Crippen LogP contribution >= 0.6 is 0 Å². The molecule has 0 N–H and O–H groups in total. The van der Waals surface area contributed by atoms with Gasteiger partial charge in [-0.2, -0.15) is 0 Å². The first-order valence-corrected chi connectivity index (χ1v) is 23.4. The third-order valence-corrected chi connectivity index (χ3v) is 14.1. The molecule has 0 saturated carbocycles. The molecule has 0 aromatic heterocycles. The molecule has 2 aliphatic rings. The molecule has 10 aromatic rings. The van der Waals surface area contributed by atoms with E-state index in [0.29, 0.717) is 0 Å². The minimum absolute atomic E-state index is 0.0173. The number of anilines is 8. The Hall–Kier alpha value is -7.88. The van der Waals surface area contributed by atoms with Gasteiger partial charge in [-0.15, -0.1) is 0 Å². The monoisotopic (exact) mass is 849 g/mol. The zero-order valence-electron chi connectivity index (χ0n) is 37.5. The summed E-state index contributed by atoms with van der Waals surface area (Å²) in [6.45, 7) is 4.91. The van der Waals surface area contributed by atoms with Crippen LogP contribution in [0.3, 0.4) is 0 Å². The molecule has 0 fully saturated rings. The standard InChI is InChI=1S/C63H51N3/c1-63(2)40-39-45-41-58(65(48-25-13-5-14-26-48)49-27-15-6-16-28-49)54-38-37-53-55(44-33-35-52(36-34-44)64(46-21-9-3-10-22-46)47-23-11-4-12-24-47)43-59(56-42-57(63)60(45)62(54)61(53)56)66(50-29-17-7-18-30-50)51-31-19-8-20-32-51/h3-33,35,37-38,41-43H,34,36,39-40H2,1-2H3. The average molecular weight is 850 g/mol. The molecule has 0 spiro atoms. The fourth-order valence-corrected chi connectivity index (χ4v) is 10.9. The van der Waals surface area contributed by atoms with Gasteiger partial charge in [0.25, 0.3) is 0 Å². The van der Waals surface area contributed by atoms with Crippen LogP contribution in [0.1, 0.15) is 49.8 Å². The second-order valence-electron chi connectivity index (χ2n) is 18.5. The van der Waals surface area contributed by atoms with E-state index in [4.69, 9.17) is 0 Å². The predicted molar refractivity (Wildman–Crippen MR) is 281 cm³/mol. The molecule has 0 heterocycles. The lowest BCUT2D eigenvalue weighted by molar-refractivity contribution is 0.475. The van der Waals surface area contributed by atoms with Crippen LogP contribution in [0.25, 0.3) is 37.9 Å². The Morgan fingerprint density at radius 3 is 1.26 bits per heavy atom. The van der Waals surface area contributed by atoms with Gasteiger partial charge in [-0.3, -0.25) is 0 Å². The minimum Gasteiger partial charge on any atom is -0.314 e. The van der Waals surface area contributed by atoms with Crippen LogP contribution in [-0.4, -0.2) is 0 Å². The van der Waals surface area contributed by atoms with E-state index in [-0.39, 0.29) is 5.41 Å². The summed E-state index contributed by atoms with van der Waals surface area (Å²) in [5, 5.41) is 7.99. The number of rotatable bonds is 10. The molecule has 0 amide bonds. The number of para-hydroxylation sites is 6. The average Bonchev–Trinajstić information content (AvgIpc) is 3.37. The highest BCUT2D eigenvalue weighted by Crippen LogP contribution is 2.55. The SMILES string of the molecule is CC1(C)CCc2cc(N(c3ccccc3)c3ccccc3)c3ccc4c(C5=CC=C(N(c6ccccc6)c6ccccc6)CC5)cc(N(c5ccccc5)c5ccccc5)c5cc1c2c3c45. The van der Waals surface area contributed by atoms with E-state index in [1.165, 1.54) is 83.0 Å². The smallest absolute Gasteiger partial charge is 0.0546 e. The van der Waals surface area contributed by atoms with Gasteiger partial charge < -0.3 is 14.7 Å². The second kappa shape index (κ2) is 16.3. The number of nitrogens with zero attached hydrogens (tertiary/aromatic N) is 3. The molecule has 10 aromatic carbocycles. The molecule has 0 unspecified atom stereocenters. The van der Waals surface area contributed by atoms with E-state index in [1.54, 1.807) is 0 Å². The van der Waals surface area contributed by atoms with Crippen molar-refractivity contribution in [1.29, 1.82) is 0 Å². The zero-order chi connectivity index (χ0) is 44.2. The lowest BCUT2D eigenvalue weighted by atomic mass is 9.70. The summed E-state index contributed by atoms with van der Waals surface area (Å²) in [6, 6.07) is 77.8. The maximum Gasteiger partial charge on any atom is 0.0546 e. The number of allylic oxidation sites excluding steroid dienone is 4. The molecule has 66 heavy (non-hydrogen) atoms. The summed E-state index contributed by atoms with van der Waals surface area (Å²) in [4.78, 5) is 7.40. The van der Waals surface area contributed by atoms with Crippen molar-refractivity contribution in [3.63, 3.8) is 0 Å². The fourth-order valence-electron chi connectivity index (χ4n) is 10.9. The molecule has 0 bridgehead atoms. The van der Waals surface area contributed by atoms with Gasteiger partial charge in [0.15, 0.2) is 0 Å². The predicted octanol–water partition coefficient (Wildman–Crippen LogP) is 17.6. The lowest BCUT2D eigenvalue weighted by Gasteiger charge is -2.37. The van der Waals surface area contributed by atoms with Crippen LogP contribution in [0.2, 0.25) is 0 Å². The Balaban J connectivity index is 1.18. The summed E-state index contributed by atoms with van der Waals surface area (Å²) in [5.41, 5.74) is 16.1. The Labute approximate surface area is 388 Å².